The van der Waals surface area contributed by atoms with Gasteiger partial charge in [-0.2, -0.15) is 0 Å². The van der Waals surface area contributed by atoms with E-state index in [-0.39, 0.29) is 18.5 Å². The van der Waals surface area contributed by atoms with Crippen molar-refractivity contribution >= 4 is 17.9 Å². The molecule has 3 aromatic carbocycles. The van der Waals surface area contributed by atoms with Crippen LogP contribution in [0.15, 0.2) is 90.1 Å². The smallest absolute Gasteiger partial charge is 0.338 e. The van der Waals surface area contributed by atoms with E-state index in [0.29, 0.717) is 73.2 Å². The van der Waals surface area contributed by atoms with Crippen molar-refractivity contribution in [3.63, 3.8) is 0 Å². The molecule has 2 aliphatic heterocycles. The number of ether oxygens (including phenoxy) is 2. The summed E-state index contributed by atoms with van der Waals surface area (Å²) in [5.41, 5.74) is 1.92. The quantitative estimate of drug-likeness (QED) is 0.356. The summed E-state index contributed by atoms with van der Waals surface area (Å²) in [5, 5.41) is 3.00. The van der Waals surface area contributed by atoms with Crippen LogP contribution in [-0.4, -0.2) is 78.5 Å². The molecule has 0 aromatic heterocycles. The van der Waals surface area contributed by atoms with Crippen LogP contribution < -0.4 is 10.1 Å². The number of hydrogen-bond acceptors (Lipinski definition) is 6. The second kappa shape index (κ2) is 13.5. The minimum absolute atomic E-state index is 0.181. The Morgan fingerprint density at radius 1 is 0.907 bits per heavy atom. The monoisotopic (exact) mass is 586 g/mol. The van der Waals surface area contributed by atoms with E-state index in [0.717, 1.165) is 0 Å². The van der Waals surface area contributed by atoms with E-state index < -0.39 is 17.8 Å². The fraction of sp³-hybridized carbons (Fsp3) is 0.303. The van der Waals surface area contributed by atoms with Crippen LogP contribution in [-0.2, 0) is 9.53 Å². The van der Waals surface area contributed by atoms with Crippen LogP contribution in [0.25, 0.3) is 0 Å². The van der Waals surface area contributed by atoms with E-state index in [1.807, 2.05) is 61.5 Å². The van der Waals surface area contributed by atoms with E-state index >= 15 is 0 Å². The molecule has 0 radical (unpaired) electrons. The number of likely N-dealkylation sites (N-methyl/N-ethyl adjacent to an activating group) is 1. The first-order valence-electron chi connectivity index (χ1n) is 14.5. The van der Waals surface area contributed by atoms with Crippen molar-refractivity contribution in [3.05, 3.63) is 107 Å². The number of esters is 1. The molecule has 3 aromatic rings. The standard InChI is InChI=1S/C33H35FN4O5/c1-3-38-28(22-36-16-18-37(19-17-36)31(39)24-11-8-12-25(34)20-24)29(32(40)42-4-2)30(35-33(38)41)23-10-9-15-27(21-23)43-26-13-6-5-7-14-26/h5-15,20-21,30H,3-4,16-19,22H2,1-2H3,(H,35,41)/t30-/m0/s1. The number of halogens is 1. The topological polar surface area (TPSA) is 91.4 Å². The van der Waals surface area contributed by atoms with Gasteiger partial charge in [-0.25, -0.2) is 14.0 Å². The predicted octanol–water partition coefficient (Wildman–Crippen LogP) is 4.98. The number of para-hydroxylation sites is 1. The summed E-state index contributed by atoms with van der Waals surface area (Å²) in [5.74, 6) is 0.0525. The largest absolute Gasteiger partial charge is 0.463 e. The highest BCUT2D eigenvalue weighted by Crippen LogP contribution is 2.34. The Kier molecular flexibility index (Phi) is 9.36. The summed E-state index contributed by atoms with van der Waals surface area (Å²) in [6.07, 6.45) is 0. The third kappa shape index (κ3) is 6.86. The zero-order valence-electron chi connectivity index (χ0n) is 24.3. The molecule has 1 saturated heterocycles. The molecule has 2 heterocycles. The van der Waals surface area contributed by atoms with Gasteiger partial charge in [-0.1, -0.05) is 36.4 Å². The second-order valence-corrected chi connectivity index (χ2v) is 10.3. The van der Waals surface area contributed by atoms with Crippen LogP contribution in [0, 0.1) is 5.82 Å². The summed E-state index contributed by atoms with van der Waals surface area (Å²) < 4.78 is 25.2. The lowest BCUT2D eigenvalue weighted by Crippen LogP contribution is -2.53. The molecule has 5 rings (SSSR count). The molecule has 0 saturated carbocycles. The molecular formula is C33H35FN4O5. The van der Waals surface area contributed by atoms with Crippen molar-refractivity contribution in [3.8, 4) is 11.5 Å². The molecule has 1 N–H and O–H groups in total. The van der Waals surface area contributed by atoms with Crippen molar-refractivity contribution in [1.29, 1.82) is 0 Å². The van der Waals surface area contributed by atoms with Gasteiger partial charge in [0.2, 0.25) is 0 Å². The van der Waals surface area contributed by atoms with Crippen LogP contribution in [0.1, 0.15) is 35.8 Å². The van der Waals surface area contributed by atoms with E-state index in [2.05, 4.69) is 10.2 Å². The summed E-state index contributed by atoms with van der Waals surface area (Å²) in [6, 6.07) is 21.3. The maximum Gasteiger partial charge on any atom is 0.338 e. The van der Waals surface area contributed by atoms with Gasteiger partial charge < -0.3 is 19.7 Å². The van der Waals surface area contributed by atoms with Gasteiger partial charge in [0.1, 0.15) is 17.3 Å². The average molecular weight is 587 g/mol. The highest BCUT2D eigenvalue weighted by atomic mass is 19.1. The van der Waals surface area contributed by atoms with Gasteiger partial charge in [-0.3, -0.25) is 14.6 Å². The van der Waals surface area contributed by atoms with Gasteiger partial charge >= 0.3 is 12.0 Å². The zero-order valence-corrected chi connectivity index (χ0v) is 24.3. The normalized spacial score (nSPS) is 17.5. The molecule has 0 spiro atoms. The third-order valence-electron chi connectivity index (χ3n) is 7.52. The first kappa shape index (κ1) is 29.8. The molecule has 3 amide bonds. The molecular weight excluding hydrogens is 551 g/mol. The van der Waals surface area contributed by atoms with Gasteiger partial charge in [0.15, 0.2) is 0 Å². The number of rotatable bonds is 9. The second-order valence-electron chi connectivity index (χ2n) is 10.3. The molecule has 1 fully saturated rings. The van der Waals surface area contributed by atoms with E-state index in [1.165, 1.54) is 18.2 Å². The number of nitrogens with zero attached hydrogens (tertiary/aromatic N) is 3. The van der Waals surface area contributed by atoms with Crippen molar-refractivity contribution in [1.82, 2.24) is 20.0 Å². The maximum absolute atomic E-state index is 13.7. The molecule has 1 atom stereocenters. The van der Waals surface area contributed by atoms with Crippen LogP contribution in [0.3, 0.4) is 0 Å². The van der Waals surface area contributed by atoms with Crippen LogP contribution in [0.5, 0.6) is 11.5 Å². The molecule has 224 valence electrons. The van der Waals surface area contributed by atoms with Gasteiger partial charge in [0.25, 0.3) is 5.91 Å². The van der Waals surface area contributed by atoms with Gasteiger partial charge in [-0.05, 0) is 61.9 Å². The Bertz CT molecular complexity index is 1500. The van der Waals surface area contributed by atoms with Crippen molar-refractivity contribution in [2.24, 2.45) is 0 Å². The average Bonchev–Trinajstić information content (AvgIpc) is 3.01. The minimum Gasteiger partial charge on any atom is -0.463 e. The number of nitrogens with one attached hydrogen (secondary N) is 1. The number of piperazine rings is 1. The number of urea groups is 1. The first-order chi connectivity index (χ1) is 20.9. The lowest BCUT2D eigenvalue weighted by atomic mass is 9.94. The molecule has 10 heteroatoms. The van der Waals surface area contributed by atoms with Crippen molar-refractivity contribution in [2.45, 2.75) is 19.9 Å². The SMILES string of the molecule is CCOC(=O)C1=C(CN2CCN(C(=O)c3cccc(F)c3)CC2)N(CC)C(=O)N[C@H]1c1cccc(Oc2ccccc2)c1. The summed E-state index contributed by atoms with van der Waals surface area (Å²) in [6.45, 7) is 6.34. The van der Waals surface area contributed by atoms with Crippen LogP contribution in [0.4, 0.5) is 9.18 Å². The number of carbonyl (C=O) groups excluding carboxylic acids is 3. The van der Waals surface area contributed by atoms with Gasteiger partial charge in [0.05, 0.1) is 18.2 Å². The fourth-order valence-corrected chi connectivity index (χ4v) is 5.41. The number of hydrogen-bond donors (Lipinski definition) is 1. The van der Waals surface area contributed by atoms with E-state index in [9.17, 15) is 18.8 Å². The van der Waals surface area contributed by atoms with Gasteiger partial charge in [0, 0.05) is 50.5 Å². The molecule has 0 unspecified atom stereocenters. The lowest BCUT2D eigenvalue weighted by molar-refractivity contribution is -0.139. The van der Waals surface area contributed by atoms with Crippen molar-refractivity contribution < 1.29 is 28.2 Å². The molecule has 0 bridgehead atoms. The molecule has 43 heavy (non-hydrogen) atoms. The van der Waals surface area contributed by atoms with Crippen LogP contribution in [0.2, 0.25) is 0 Å². The summed E-state index contributed by atoms with van der Waals surface area (Å²) in [4.78, 5) is 45.2. The fourth-order valence-electron chi connectivity index (χ4n) is 5.41. The van der Waals surface area contributed by atoms with E-state index in [1.54, 1.807) is 22.8 Å². The first-order valence-corrected chi connectivity index (χ1v) is 14.5. The number of amides is 3. The predicted molar refractivity (Wildman–Crippen MR) is 159 cm³/mol. The Balaban J connectivity index is 1.41. The Morgan fingerprint density at radius 2 is 1.63 bits per heavy atom. The Labute approximate surface area is 250 Å². The summed E-state index contributed by atoms with van der Waals surface area (Å²) >= 11 is 0. The molecule has 0 aliphatic carbocycles. The van der Waals surface area contributed by atoms with Gasteiger partial charge in [-0.15, -0.1) is 0 Å². The third-order valence-corrected chi connectivity index (χ3v) is 7.52. The van der Waals surface area contributed by atoms with E-state index in [4.69, 9.17) is 9.47 Å². The van der Waals surface area contributed by atoms with Crippen LogP contribution >= 0.6 is 0 Å². The zero-order chi connectivity index (χ0) is 30.3. The Morgan fingerprint density at radius 3 is 2.33 bits per heavy atom. The minimum atomic E-state index is -0.750. The highest BCUT2D eigenvalue weighted by Gasteiger charge is 2.39. The maximum atomic E-state index is 13.7. The Hall–Kier alpha value is -4.70. The number of carbonyl (C=O) groups is 3. The lowest BCUT2D eigenvalue weighted by Gasteiger charge is -2.40. The molecule has 9 nitrogen and oxygen atoms in total. The van der Waals surface area contributed by atoms with Crippen molar-refractivity contribution in [2.75, 3.05) is 45.9 Å². The summed E-state index contributed by atoms with van der Waals surface area (Å²) in [7, 11) is 0. The number of benzene rings is 3. The molecule has 2 aliphatic rings. The highest BCUT2D eigenvalue weighted by molar-refractivity contribution is 5.95.